The number of hydrogen-bond donors (Lipinski definition) is 1. The van der Waals surface area contributed by atoms with Crippen molar-refractivity contribution in [2.24, 2.45) is 0 Å². The van der Waals surface area contributed by atoms with Crippen molar-refractivity contribution in [3.05, 3.63) is 70.5 Å². The molecule has 4 heteroatoms. The Balaban J connectivity index is 1.98. The first-order chi connectivity index (χ1) is 9.49. The fourth-order valence-corrected chi connectivity index (χ4v) is 2.88. The summed E-state index contributed by atoms with van der Waals surface area (Å²) < 4.78 is 40.1. The number of halogens is 3. The molecule has 0 saturated heterocycles. The zero-order chi connectivity index (χ0) is 14.3. The maximum absolute atomic E-state index is 13.7. The minimum absolute atomic E-state index is 0.0186. The zero-order valence-corrected chi connectivity index (χ0v) is 10.7. The third-order valence-electron chi connectivity index (χ3n) is 3.89. The summed E-state index contributed by atoms with van der Waals surface area (Å²) in [6.07, 6.45) is 0.886. The van der Waals surface area contributed by atoms with Gasteiger partial charge >= 0.3 is 0 Å². The van der Waals surface area contributed by atoms with Crippen molar-refractivity contribution in [1.82, 2.24) is 0 Å². The van der Waals surface area contributed by atoms with E-state index < -0.39 is 17.2 Å². The number of aryl methyl sites for hydroxylation is 1. The van der Waals surface area contributed by atoms with Gasteiger partial charge in [0.2, 0.25) is 0 Å². The van der Waals surface area contributed by atoms with Crippen molar-refractivity contribution in [3.63, 3.8) is 0 Å². The molecule has 1 atom stereocenters. The Morgan fingerprint density at radius 1 is 1.10 bits per heavy atom. The molecule has 1 nitrogen and oxygen atoms in total. The predicted molar refractivity (Wildman–Crippen MR) is 68.7 cm³/mol. The molecule has 1 aliphatic carbocycles. The molecule has 0 bridgehead atoms. The van der Waals surface area contributed by atoms with Crippen LogP contribution in [0.4, 0.5) is 13.2 Å². The fraction of sp³-hybridized carbons (Fsp3) is 0.250. The summed E-state index contributed by atoms with van der Waals surface area (Å²) in [7, 11) is 0. The molecular formula is C16H13F3O. The van der Waals surface area contributed by atoms with E-state index in [1.807, 2.05) is 0 Å². The normalized spacial score (nSPS) is 21.0. The van der Waals surface area contributed by atoms with Gasteiger partial charge in [-0.25, -0.2) is 13.2 Å². The van der Waals surface area contributed by atoms with Crippen LogP contribution in [0.2, 0.25) is 0 Å². The maximum Gasteiger partial charge on any atom is 0.162 e. The Morgan fingerprint density at radius 3 is 2.70 bits per heavy atom. The van der Waals surface area contributed by atoms with Crippen molar-refractivity contribution in [1.29, 1.82) is 0 Å². The highest BCUT2D eigenvalue weighted by atomic mass is 19.2. The minimum Gasteiger partial charge on any atom is -0.385 e. The molecule has 104 valence electrons. The van der Waals surface area contributed by atoms with Gasteiger partial charge in [0, 0.05) is 6.42 Å². The molecule has 0 heterocycles. The second-order valence-electron chi connectivity index (χ2n) is 5.22. The molecule has 0 radical (unpaired) electrons. The van der Waals surface area contributed by atoms with Crippen LogP contribution in [0.25, 0.3) is 0 Å². The summed E-state index contributed by atoms with van der Waals surface area (Å²) >= 11 is 0. The van der Waals surface area contributed by atoms with Gasteiger partial charge in [-0.15, -0.1) is 0 Å². The van der Waals surface area contributed by atoms with Crippen LogP contribution in [0.1, 0.15) is 23.1 Å². The summed E-state index contributed by atoms with van der Waals surface area (Å²) in [5, 5.41) is 10.7. The maximum atomic E-state index is 13.7. The van der Waals surface area contributed by atoms with Gasteiger partial charge in [-0.2, -0.15) is 0 Å². The van der Waals surface area contributed by atoms with Gasteiger partial charge < -0.3 is 5.11 Å². The standard InChI is InChI=1S/C16H13F3O/c17-12-4-5-13-10(8-12)6-7-16(13,20)9-11-2-1-3-14(18)15(11)19/h1-5,8,20H,6-7,9H2. The van der Waals surface area contributed by atoms with E-state index in [0.29, 0.717) is 18.4 Å². The quantitative estimate of drug-likeness (QED) is 0.891. The topological polar surface area (TPSA) is 20.2 Å². The monoisotopic (exact) mass is 278 g/mol. The Hall–Kier alpha value is -1.81. The van der Waals surface area contributed by atoms with E-state index in [1.54, 1.807) is 0 Å². The number of aliphatic hydroxyl groups is 1. The molecule has 0 saturated carbocycles. The summed E-state index contributed by atoms with van der Waals surface area (Å²) in [6, 6.07) is 8.09. The van der Waals surface area contributed by atoms with Crippen LogP contribution in [0, 0.1) is 17.5 Å². The van der Waals surface area contributed by atoms with Gasteiger partial charge in [0.25, 0.3) is 0 Å². The number of hydrogen-bond acceptors (Lipinski definition) is 1. The molecule has 0 amide bonds. The fourth-order valence-electron chi connectivity index (χ4n) is 2.88. The van der Waals surface area contributed by atoms with Crippen LogP contribution in [0.3, 0.4) is 0 Å². The Bertz CT molecular complexity index is 669. The molecule has 1 aliphatic rings. The van der Waals surface area contributed by atoms with Gasteiger partial charge in [0.15, 0.2) is 11.6 Å². The molecule has 3 rings (SSSR count). The van der Waals surface area contributed by atoms with Crippen LogP contribution in [-0.2, 0) is 18.4 Å². The van der Waals surface area contributed by atoms with Gasteiger partial charge in [0.1, 0.15) is 5.82 Å². The summed E-state index contributed by atoms with van der Waals surface area (Å²) in [4.78, 5) is 0. The van der Waals surface area contributed by atoms with E-state index in [1.165, 1.54) is 30.3 Å². The van der Waals surface area contributed by atoms with Gasteiger partial charge in [0.05, 0.1) is 5.60 Å². The average molecular weight is 278 g/mol. The predicted octanol–water partition coefficient (Wildman–Crippen LogP) is 3.48. The number of benzene rings is 2. The van der Waals surface area contributed by atoms with Gasteiger partial charge in [-0.1, -0.05) is 18.2 Å². The summed E-state index contributed by atoms with van der Waals surface area (Å²) in [5.41, 5.74) is 0.189. The lowest BCUT2D eigenvalue weighted by Crippen LogP contribution is -2.26. The van der Waals surface area contributed by atoms with Crippen LogP contribution < -0.4 is 0 Å². The highest BCUT2D eigenvalue weighted by Gasteiger charge is 2.37. The van der Waals surface area contributed by atoms with E-state index >= 15 is 0 Å². The van der Waals surface area contributed by atoms with E-state index in [0.717, 1.165) is 11.6 Å². The van der Waals surface area contributed by atoms with Gasteiger partial charge in [-0.3, -0.25) is 0 Å². The molecular weight excluding hydrogens is 265 g/mol. The molecule has 2 aromatic carbocycles. The molecule has 0 aromatic heterocycles. The number of fused-ring (bicyclic) bond motifs is 1. The lowest BCUT2D eigenvalue weighted by atomic mass is 9.88. The Labute approximate surface area is 114 Å². The van der Waals surface area contributed by atoms with E-state index in [2.05, 4.69) is 0 Å². The Morgan fingerprint density at radius 2 is 1.90 bits per heavy atom. The first-order valence-electron chi connectivity index (χ1n) is 6.44. The van der Waals surface area contributed by atoms with Crippen molar-refractivity contribution >= 4 is 0 Å². The largest absolute Gasteiger partial charge is 0.385 e. The van der Waals surface area contributed by atoms with Crippen molar-refractivity contribution in [2.75, 3.05) is 0 Å². The third-order valence-corrected chi connectivity index (χ3v) is 3.89. The van der Waals surface area contributed by atoms with Crippen LogP contribution in [0.5, 0.6) is 0 Å². The van der Waals surface area contributed by atoms with Gasteiger partial charge in [-0.05, 0) is 47.7 Å². The molecule has 0 spiro atoms. The SMILES string of the molecule is OC1(Cc2cccc(F)c2F)CCc2cc(F)ccc21. The van der Waals surface area contributed by atoms with Crippen LogP contribution in [-0.4, -0.2) is 5.11 Å². The first-order valence-corrected chi connectivity index (χ1v) is 6.44. The highest BCUT2D eigenvalue weighted by molar-refractivity contribution is 5.39. The highest BCUT2D eigenvalue weighted by Crippen LogP contribution is 2.40. The lowest BCUT2D eigenvalue weighted by molar-refractivity contribution is 0.0379. The summed E-state index contributed by atoms with van der Waals surface area (Å²) in [5.74, 6) is -2.22. The van der Waals surface area contributed by atoms with E-state index in [9.17, 15) is 18.3 Å². The Kier molecular flexibility index (Phi) is 3.05. The minimum atomic E-state index is -1.27. The van der Waals surface area contributed by atoms with Crippen molar-refractivity contribution in [3.8, 4) is 0 Å². The summed E-state index contributed by atoms with van der Waals surface area (Å²) in [6.45, 7) is 0. The molecule has 2 aromatic rings. The molecule has 1 unspecified atom stereocenters. The van der Waals surface area contributed by atoms with Crippen molar-refractivity contribution in [2.45, 2.75) is 24.9 Å². The lowest BCUT2D eigenvalue weighted by Gasteiger charge is -2.24. The molecule has 0 aliphatic heterocycles. The molecule has 0 fully saturated rings. The second-order valence-corrected chi connectivity index (χ2v) is 5.22. The third kappa shape index (κ3) is 2.10. The van der Waals surface area contributed by atoms with E-state index in [4.69, 9.17) is 0 Å². The molecule has 1 N–H and O–H groups in total. The average Bonchev–Trinajstić information content (AvgIpc) is 2.72. The van der Waals surface area contributed by atoms with Crippen LogP contribution in [0.15, 0.2) is 36.4 Å². The number of rotatable bonds is 2. The molecule has 20 heavy (non-hydrogen) atoms. The second kappa shape index (κ2) is 4.63. The van der Waals surface area contributed by atoms with Crippen molar-refractivity contribution < 1.29 is 18.3 Å². The van der Waals surface area contributed by atoms with E-state index in [-0.39, 0.29) is 17.8 Å². The smallest absolute Gasteiger partial charge is 0.162 e. The van der Waals surface area contributed by atoms with Crippen LogP contribution >= 0.6 is 0 Å². The zero-order valence-electron chi connectivity index (χ0n) is 10.7. The first kappa shape index (κ1) is 13.2.